The van der Waals surface area contributed by atoms with E-state index in [4.69, 9.17) is 4.74 Å². The number of hydrogen-bond donors (Lipinski definition) is 1. The zero-order chi connectivity index (χ0) is 11.9. The Morgan fingerprint density at radius 3 is 2.82 bits per heavy atom. The number of hydrogen-bond acceptors (Lipinski definition) is 3. The van der Waals surface area contributed by atoms with Crippen LogP contribution < -0.4 is 5.32 Å². The molecule has 3 nitrogen and oxygen atoms in total. The first-order chi connectivity index (χ1) is 8.40. The van der Waals surface area contributed by atoms with E-state index >= 15 is 0 Å². The quantitative estimate of drug-likeness (QED) is 0.848. The molecule has 2 unspecified atom stereocenters. The fraction of sp³-hybridized carbons (Fsp3) is 0.643. The van der Waals surface area contributed by atoms with Crippen LogP contribution in [0.2, 0.25) is 0 Å². The molecule has 0 aromatic carbocycles. The number of pyridine rings is 1. The third kappa shape index (κ3) is 3.79. The molecular weight excluding hydrogens is 212 g/mol. The highest BCUT2D eigenvalue weighted by Crippen LogP contribution is 2.20. The van der Waals surface area contributed by atoms with Crippen molar-refractivity contribution in [3.8, 4) is 0 Å². The SMILES string of the molecule is COC1CCCCC1NCCc1ccncc1. The monoisotopic (exact) mass is 234 g/mol. The lowest BCUT2D eigenvalue weighted by molar-refractivity contribution is 0.0421. The highest BCUT2D eigenvalue weighted by molar-refractivity contribution is 5.09. The maximum atomic E-state index is 5.53. The first kappa shape index (κ1) is 12.5. The molecule has 1 N–H and O–H groups in total. The first-order valence-corrected chi connectivity index (χ1v) is 6.55. The van der Waals surface area contributed by atoms with E-state index < -0.39 is 0 Å². The summed E-state index contributed by atoms with van der Waals surface area (Å²) in [6.07, 6.45) is 10.3. The Morgan fingerprint density at radius 2 is 2.06 bits per heavy atom. The second kappa shape index (κ2) is 6.72. The van der Waals surface area contributed by atoms with Gasteiger partial charge in [-0.05, 0) is 43.5 Å². The standard InChI is InChI=1S/C14H22N2O/c1-17-14-5-3-2-4-13(14)16-11-8-12-6-9-15-10-7-12/h6-7,9-10,13-14,16H,2-5,8,11H2,1H3. The zero-order valence-electron chi connectivity index (χ0n) is 10.6. The van der Waals surface area contributed by atoms with Gasteiger partial charge in [0, 0.05) is 25.5 Å². The van der Waals surface area contributed by atoms with E-state index in [2.05, 4.69) is 22.4 Å². The summed E-state index contributed by atoms with van der Waals surface area (Å²) in [7, 11) is 1.83. The lowest BCUT2D eigenvalue weighted by Gasteiger charge is -2.31. The van der Waals surface area contributed by atoms with Gasteiger partial charge in [-0.2, -0.15) is 0 Å². The lowest BCUT2D eigenvalue weighted by atomic mass is 9.92. The average Bonchev–Trinajstić information content (AvgIpc) is 2.40. The molecule has 1 heterocycles. The fourth-order valence-corrected chi connectivity index (χ4v) is 2.56. The van der Waals surface area contributed by atoms with Crippen LogP contribution in [0.1, 0.15) is 31.2 Å². The molecule has 1 fully saturated rings. The van der Waals surface area contributed by atoms with Crippen molar-refractivity contribution in [1.82, 2.24) is 10.3 Å². The molecule has 0 spiro atoms. The highest BCUT2D eigenvalue weighted by atomic mass is 16.5. The van der Waals surface area contributed by atoms with Crippen LogP contribution in [0, 0.1) is 0 Å². The molecule has 94 valence electrons. The van der Waals surface area contributed by atoms with Gasteiger partial charge in [-0.3, -0.25) is 4.98 Å². The predicted octanol–water partition coefficient (Wildman–Crippen LogP) is 2.17. The molecule has 1 aromatic heterocycles. The maximum Gasteiger partial charge on any atom is 0.0724 e. The van der Waals surface area contributed by atoms with Crippen LogP contribution >= 0.6 is 0 Å². The summed E-state index contributed by atoms with van der Waals surface area (Å²) in [5, 5.41) is 3.63. The lowest BCUT2D eigenvalue weighted by Crippen LogP contribution is -2.43. The minimum absolute atomic E-state index is 0.404. The molecule has 0 radical (unpaired) electrons. The molecule has 1 aliphatic rings. The Hall–Kier alpha value is -0.930. The van der Waals surface area contributed by atoms with E-state index in [1.807, 2.05) is 19.5 Å². The van der Waals surface area contributed by atoms with Gasteiger partial charge in [-0.1, -0.05) is 12.8 Å². The zero-order valence-corrected chi connectivity index (χ0v) is 10.6. The van der Waals surface area contributed by atoms with Gasteiger partial charge in [0.15, 0.2) is 0 Å². The molecule has 1 aromatic rings. The molecule has 3 heteroatoms. The summed E-state index contributed by atoms with van der Waals surface area (Å²) >= 11 is 0. The summed E-state index contributed by atoms with van der Waals surface area (Å²) in [5.74, 6) is 0. The summed E-state index contributed by atoms with van der Waals surface area (Å²) in [6, 6.07) is 4.70. The third-order valence-electron chi connectivity index (χ3n) is 3.57. The van der Waals surface area contributed by atoms with E-state index in [0.29, 0.717) is 12.1 Å². The van der Waals surface area contributed by atoms with Gasteiger partial charge in [0.1, 0.15) is 0 Å². The molecule has 2 rings (SSSR count). The molecule has 17 heavy (non-hydrogen) atoms. The van der Waals surface area contributed by atoms with Crippen LogP contribution in [-0.2, 0) is 11.2 Å². The fourth-order valence-electron chi connectivity index (χ4n) is 2.56. The Morgan fingerprint density at radius 1 is 1.29 bits per heavy atom. The van der Waals surface area contributed by atoms with Gasteiger partial charge in [0.25, 0.3) is 0 Å². The number of nitrogens with zero attached hydrogens (tertiary/aromatic N) is 1. The summed E-state index contributed by atoms with van der Waals surface area (Å²) in [6.45, 7) is 1.02. The van der Waals surface area contributed by atoms with Crippen molar-refractivity contribution < 1.29 is 4.74 Å². The molecule has 1 aliphatic carbocycles. The first-order valence-electron chi connectivity index (χ1n) is 6.55. The van der Waals surface area contributed by atoms with Gasteiger partial charge in [0.05, 0.1) is 6.10 Å². The molecule has 0 saturated heterocycles. The van der Waals surface area contributed by atoms with E-state index in [1.54, 1.807) is 0 Å². The van der Waals surface area contributed by atoms with Crippen molar-refractivity contribution in [3.05, 3.63) is 30.1 Å². The topological polar surface area (TPSA) is 34.1 Å². The minimum atomic E-state index is 0.404. The van der Waals surface area contributed by atoms with Gasteiger partial charge >= 0.3 is 0 Å². The number of nitrogens with one attached hydrogen (secondary N) is 1. The second-order valence-corrected chi connectivity index (χ2v) is 4.72. The molecule has 0 amide bonds. The van der Waals surface area contributed by atoms with Crippen molar-refractivity contribution in [2.24, 2.45) is 0 Å². The normalized spacial score (nSPS) is 24.8. The van der Waals surface area contributed by atoms with Crippen LogP contribution in [0.4, 0.5) is 0 Å². The third-order valence-corrected chi connectivity index (χ3v) is 3.57. The summed E-state index contributed by atoms with van der Waals surface area (Å²) in [4.78, 5) is 4.03. The second-order valence-electron chi connectivity index (χ2n) is 4.72. The molecule has 0 aliphatic heterocycles. The van der Waals surface area contributed by atoms with E-state index in [9.17, 15) is 0 Å². The van der Waals surface area contributed by atoms with Crippen LogP contribution in [0.3, 0.4) is 0 Å². The molecule has 1 saturated carbocycles. The predicted molar refractivity (Wildman–Crippen MR) is 69.0 cm³/mol. The average molecular weight is 234 g/mol. The van der Waals surface area contributed by atoms with Crippen LogP contribution in [0.25, 0.3) is 0 Å². The van der Waals surface area contributed by atoms with Crippen LogP contribution in [0.5, 0.6) is 0 Å². The number of rotatable bonds is 5. The van der Waals surface area contributed by atoms with E-state index in [0.717, 1.165) is 13.0 Å². The summed E-state index contributed by atoms with van der Waals surface area (Å²) < 4.78 is 5.53. The van der Waals surface area contributed by atoms with Gasteiger partial charge in [0.2, 0.25) is 0 Å². The van der Waals surface area contributed by atoms with Gasteiger partial charge < -0.3 is 10.1 Å². The van der Waals surface area contributed by atoms with Crippen molar-refractivity contribution in [2.45, 2.75) is 44.2 Å². The molecule has 0 bridgehead atoms. The number of methoxy groups -OCH3 is 1. The molecular formula is C14H22N2O. The smallest absolute Gasteiger partial charge is 0.0724 e. The van der Waals surface area contributed by atoms with Crippen molar-refractivity contribution in [2.75, 3.05) is 13.7 Å². The molecule has 2 atom stereocenters. The van der Waals surface area contributed by atoms with Crippen molar-refractivity contribution in [3.63, 3.8) is 0 Å². The largest absolute Gasteiger partial charge is 0.380 e. The van der Waals surface area contributed by atoms with Crippen molar-refractivity contribution in [1.29, 1.82) is 0 Å². The maximum absolute atomic E-state index is 5.53. The highest BCUT2D eigenvalue weighted by Gasteiger charge is 2.23. The van der Waals surface area contributed by atoms with Crippen LogP contribution in [-0.4, -0.2) is 30.8 Å². The number of ether oxygens (including phenoxy) is 1. The van der Waals surface area contributed by atoms with Crippen molar-refractivity contribution >= 4 is 0 Å². The Kier molecular flexibility index (Phi) is 4.95. The minimum Gasteiger partial charge on any atom is -0.380 e. The number of aromatic nitrogens is 1. The Labute approximate surface area is 104 Å². The van der Waals surface area contributed by atoms with Gasteiger partial charge in [-0.15, -0.1) is 0 Å². The Bertz CT molecular complexity index is 315. The van der Waals surface area contributed by atoms with E-state index in [1.165, 1.54) is 31.2 Å². The van der Waals surface area contributed by atoms with E-state index in [-0.39, 0.29) is 0 Å². The van der Waals surface area contributed by atoms with Gasteiger partial charge in [-0.25, -0.2) is 0 Å². The van der Waals surface area contributed by atoms with Crippen LogP contribution in [0.15, 0.2) is 24.5 Å². The Balaban J connectivity index is 1.74. The summed E-state index contributed by atoms with van der Waals surface area (Å²) in [5.41, 5.74) is 1.34.